The Morgan fingerprint density at radius 2 is 1.88 bits per heavy atom. The molecule has 25 heavy (non-hydrogen) atoms. The SMILES string of the molecule is CCc1ccc(C2CCN(C(=O)C3CC4(COC(=O)C4)C3)CC2)cc1. The summed E-state index contributed by atoms with van der Waals surface area (Å²) in [6.45, 7) is 4.42. The van der Waals surface area contributed by atoms with Crippen molar-refractivity contribution < 1.29 is 14.3 Å². The van der Waals surface area contributed by atoms with Crippen LogP contribution in [0.2, 0.25) is 0 Å². The molecular weight excluding hydrogens is 314 g/mol. The quantitative estimate of drug-likeness (QED) is 0.793. The highest BCUT2D eigenvalue weighted by Gasteiger charge is 2.53. The molecule has 0 unspecified atom stereocenters. The fourth-order valence-corrected chi connectivity index (χ4v) is 4.78. The topological polar surface area (TPSA) is 46.6 Å². The lowest BCUT2D eigenvalue weighted by atomic mass is 9.61. The molecule has 3 fully saturated rings. The molecule has 1 amide bonds. The summed E-state index contributed by atoms with van der Waals surface area (Å²) in [5.74, 6) is 0.879. The van der Waals surface area contributed by atoms with Gasteiger partial charge in [0.2, 0.25) is 5.91 Å². The Morgan fingerprint density at radius 1 is 1.20 bits per heavy atom. The summed E-state index contributed by atoms with van der Waals surface area (Å²) in [7, 11) is 0. The van der Waals surface area contributed by atoms with E-state index in [4.69, 9.17) is 4.74 Å². The molecule has 134 valence electrons. The van der Waals surface area contributed by atoms with Gasteiger partial charge in [-0.2, -0.15) is 0 Å². The van der Waals surface area contributed by atoms with E-state index < -0.39 is 0 Å². The van der Waals surface area contributed by atoms with Crippen molar-refractivity contribution in [2.45, 2.75) is 51.4 Å². The van der Waals surface area contributed by atoms with Crippen molar-refractivity contribution in [3.8, 4) is 0 Å². The van der Waals surface area contributed by atoms with Crippen LogP contribution in [-0.2, 0) is 20.7 Å². The van der Waals surface area contributed by atoms with Gasteiger partial charge in [-0.3, -0.25) is 9.59 Å². The van der Waals surface area contributed by atoms with E-state index in [0.717, 1.165) is 45.2 Å². The molecule has 0 N–H and O–H groups in total. The summed E-state index contributed by atoms with van der Waals surface area (Å²) in [5, 5.41) is 0. The van der Waals surface area contributed by atoms with Crippen LogP contribution in [0.25, 0.3) is 0 Å². The third kappa shape index (κ3) is 3.19. The Morgan fingerprint density at radius 3 is 2.44 bits per heavy atom. The number of likely N-dealkylation sites (tertiary alicyclic amines) is 1. The highest BCUT2D eigenvalue weighted by atomic mass is 16.5. The number of nitrogens with zero attached hydrogens (tertiary/aromatic N) is 1. The van der Waals surface area contributed by atoms with Gasteiger partial charge in [-0.15, -0.1) is 0 Å². The van der Waals surface area contributed by atoms with E-state index in [0.29, 0.717) is 24.9 Å². The number of hydrogen-bond donors (Lipinski definition) is 0. The van der Waals surface area contributed by atoms with Crippen LogP contribution in [0.15, 0.2) is 24.3 Å². The molecule has 4 rings (SSSR count). The van der Waals surface area contributed by atoms with Crippen molar-refractivity contribution in [2.24, 2.45) is 11.3 Å². The van der Waals surface area contributed by atoms with Crippen molar-refractivity contribution in [1.82, 2.24) is 4.90 Å². The molecule has 0 radical (unpaired) electrons. The number of amides is 1. The molecule has 0 atom stereocenters. The van der Waals surface area contributed by atoms with E-state index in [9.17, 15) is 9.59 Å². The first-order chi connectivity index (χ1) is 12.1. The maximum Gasteiger partial charge on any atom is 0.306 e. The summed E-state index contributed by atoms with van der Waals surface area (Å²) in [6.07, 6.45) is 5.35. The van der Waals surface area contributed by atoms with Crippen LogP contribution in [0, 0.1) is 11.3 Å². The zero-order valence-electron chi connectivity index (χ0n) is 15.0. The molecule has 1 aromatic rings. The lowest BCUT2D eigenvalue weighted by Gasteiger charge is -2.45. The minimum Gasteiger partial charge on any atom is -0.465 e. The number of ether oxygens (including phenoxy) is 1. The fraction of sp³-hybridized carbons (Fsp3) is 0.619. The second kappa shape index (κ2) is 6.47. The standard InChI is InChI=1S/C21H27NO3/c1-2-15-3-5-16(6-4-15)17-7-9-22(10-8-17)20(24)18-11-21(12-18)13-19(23)25-14-21/h3-6,17-18H,2,7-14H2,1H3. The zero-order chi connectivity index (χ0) is 17.4. The molecule has 1 spiro atoms. The van der Waals surface area contributed by atoms with Gasteiger partial charge in [-0.1, -0.05) is 31.2 Å². The summed E-state index contributed by atoms with van der Waals surface area (Å²) in [5.41, 5.74) is 2.77. The van der Waals surface area contributed by atoms with Crippen molar-refractivity contribution in [2.75, 3.05) is 19.7 Å². The van der Waals surface area contributed by atoms with Crippen LogP contribution in [-0.4, -0.2) is 36.5 Å². The van der Waals surface area contributed by atoms with Crippen LogP contribution in [0.1, 0.15) is 56.1 Å². The normalized spacial score (nSPS) is 29.6. The summed E-state index contributed by atoms with van der Waals surface area (Å²) < 4.78 is 5.10. The summed E-state index contributed by atoms with van der Waals surface area (Å²) in [6, 6.07) is 8.97. The molecule has 2 heterocycles. The average molecular weight is 341 g/mol. The van der Waals surface area contributed by atoms with Gasteiger partial charge in [0.15, 0.2) is 0 Å². The summed E-state index contributed by atoms with van der Waals surface area (Å²) >= 11 is 0. The highest BCUT2D eigenvalue weighted by molar-refractivity contribution is 5.81. The van der Waals surface area contributed by atoms with Gasteiger partial charge in [-0.25, -0.2) is 0 Å². The largest absolute Gasteiger partial charge is 0.465 e. The Balaban J connectivity index is 1.28. The number of carbonyl (C=O) groups is 2. The Hall–Kier alpha value is -1.84. The molecule has 0 aromatic heterocycles. The maximum absolute atomic E-state index is 12.7. The van der Waals surface area contributed by atoms with Crippen LogP contribution in [0.3, 0.4) is 0 Å². The van der Waals surface area contributed by atoms with E-state index in [1.54, 1.807) is 0 Å². The number of carbonyl (C=O) groups excluding carboxylic acids is 2. The second-order valence-electron chi connectivity index (χ2n) is 8.14. The average Bonchev–Trinajstić information content (AvgIpc) is 3.02. The summed E-state index contributed by atoms with van der Waals surface area (Å²) in [4.78, 5) is 26.1. The van der Waals surface area contributed by atoms with Crippen LogP contribution < -0.4 is 0 Å². The van der Waals surface area contributed by atoms with Gasteiger partial charge in [0.25, 0.3) is 0 Å². The number of piperidine rings is 1. The first kappa shape index (κ1) is 16.6. The van der Waals surface area contributed by atoms with E-state index in [-0.39, 0.29) is 17.3 Å². The third-order valence-electron chi connectivity index (χ3n) is 6.43. The molecular formula is C21H27NO3. The van der Waals surface area contributed by atoms with E-state index >= 15 is 0 Å². The number of esters is 1. The van der Waals surface area contributed by atoms with Crippen LogP contribution in [0.4, 0.5) is 0 Å². The monoisotopic (exact) mass is 341 g/mol. The number of hydrogen-bond acceptors (Lipinski definition) is 3. The molecule has 2 saturated heterocycles. The van der Waals surface area contributed by atoms with Gasteiger partial charge >= 0.3 is 5.97 Å². The minimum atomic E-state index is -0.0965. The predicted molar refractivity (Wildman–Crippen MR) is 95.1 cm³/mol. The molecule has 1 aliphatic carbocycles. The van der Waals surface area contributed by atoms with Crippen molar-refractivity contribution >= 4 is 11.9 Å². The molecule has 1 saturated carbocycles. The molecule has 2 aliphatic heterocycles. The zero-order valence-corrected chi connectivity index (χ0v) is 15.0. The van der Waals surface area contributed by atoms with Gasteiger partial charge in [0.1, 0.15) is 0 Å². The van der Waals surface area contributed by atoms with E-state index in [2.05, 4.69) is 31.2 Å². The number of benzene rings is 1. The van der Waals surface area contributed by atoms with Crippen molar-refractivity contribution in [3.05, 3.63) is 35.4 Å². The number of cyclic esters (lactones) is 1. The molecule has 4 heteroatoms. The molecule has 0 bridgehead atoms. The lowest BCUT2D eigenvalue weighted by Crippen LogP contribution is -2.49. The first-order valence-electron chi connectivity index (χ1n) is 9.62. The van der Waals surface area contributed by atoms with E-state index in [1.165, 1.54) is 11.1 Å². The van der Waals surface area contributed by atoms with Crippen molar-refractivity contribution in [3.63, 3.8) is 0 Å². The van der Waals surface area contributed by atoms with Gasteiger partial charge < -0.3 is 9.64 Å². The van der Waals surface area contributed by atoms with Crippen LogP contribution in [0.5, 0.6) is 0 Å². The first-order valence-corrected chi connectivity index (χ1v) is 9.62. The minimum absolute atomic E-state index is 0.0171. The van der Waals surface area contributed by atoms with Gasteiger partial charge in [0, 0.05) is 24.4 Å². The Kier molecular flexibility index (Phi) is 4.30. The van der Waals surface area contributed by atoms with E-state index in [1.807, 2.05) is 4.90 Å². The highest BCUT2D eigenvalue weighted by Crippen LogP contribution is 2.52. The van der Waals surface area contributed by atoms with Crippen molar-refractivity contribution in [1.29, 1.82) is 0 Å². The predicted octanol–water partition coefficient (Wildman–Crippen LogP) is 3.30. The molecule has 3 aliphatic rings. The molecule has 4 nitrogen and oxygen atoms in total. The Labute approximate surface area is 149 Å². The number of rotatable bonds is 3. The third-order valence-corrected chi connectivity index (χ3v) is 6.43. The second-order valence-corrected chi connectivity index (χ2v) is 8.14. The smallest absolute Gasteiger partial charge is 0.306 e. The lowest BCUT2D eigenvalue weighted by molar-refractivity contribution is -0.144. The fourth-order valence-electron chi connectivity index (χ4n) is 4.78. The van der Waals surface area contributed by atoms with Gasteiger partial charge in [0.05, 0.1) is 13.0 Å². The maximum atomic E-state index is 12.7. The number of aryl methyl sites for hydroxylation is 1. The van der Waals surface area contributed by atoms with Crippen LogP contribution >= 0.6 is 0 Å². The Bertz CT molecular complexity index is 652. The molecule has 1 aromatic carbocycles. The van der Waals surface area contributed by atoms with Gasteiger partial charge in [-0.05, 0) is 49.1 Å².